The van der Waals surface area contributed by atoms with Crippen LogP contribution in [-0.2, 0) is 0 Å². The van der Waals surface area contributed by atoms with Gasteiger partial charge >= 0.3 is 0 Å². The molecule has 0 spiro atoms. The van der Waals surface area contributed by atoms with E-state index in [4.69, 9.17) is 5.11 Å². The Bertz CT molecular complexity index is 228. The molecule has 72 valence electrons. The molecule has 0 saturated heterocycles. The van der Waals surface area contributed by atoms with Crippen LogP contribution in [0.5, 0.6) is 0 Å². The van der Waals surface area contributed by atoms with Gasteiger partial charge in [0.1, 0.15) is 12.1 Å². The number of rotatable bonds is 5. The van der Waals surface area contributed by atoms with Crippen molar-refractivity contribution in [2.45, 2.75) is 13.3 Å². The number of hydrogen-bond acceptors (Lipinski definition) is 4. The molecule has 0 aromatic carbocycles. The summed E-state index contributed by atoms with van der Waals surface area (Å²) in [5.41, 5.74) is 0. The maximum absolute atomic E-state index is 8.70. The summed E-state index contributed by atoms with van der Waals surface area (Å²) in [7, 11) is 0. The predicted octanol–water partition coefficient (Wildman–Crippen LogP) is 0.685. The predicted molar refractivity (Wildman–Crippen MR) is 51.6 cm³/mol. The van der Waals surface area contributed by atoms with Crippen molar-refractivity contribution in [3.05, 3.63) is 18.6 Å². The highest BCUT2D eigenvalue weighted by Gasteiger charge is 2.03. The second-order valence-electron chi connectivity index (χ2n) is 2.72. The fourth-order valence-electron chi connectivity index (χ4n) is 1.17. The van der Waals surface area contributed by atoms with Gasteiger partial charge in [-0.3, -0.25) is 0 Å². The highest BCUT2D eigenvalue weighted by atomic mass is 16.3. The first-order valence-electron chi connectivity index (χ1n) is 4.50. The summed E-state index contributed by atoms with van der Waals surface area (Å²) in [5.74, 6) is 0.922. The van der Waals surface area contributed by atoms with Crippen LogP contribution in [0.25, 0.3) is 0 Å². The lowest BCUT2D eigenvalue weighted by Crippen LogP contribution is -2.25. The van der Waals surface area contributed by atoms with Crippen LogP contribution in [0.1, 0.15) is 13.3 Å². The molecule has 0 aliphatic rings. The highest BCUT2D eigenvalue weighted by molar-refractivity contribution is 5.35. The van der Waals surface area contributed by atoms with E-state index in [1.165, 1.54) is 6.33 Å². The Labute approximate surface area is 78.2 Å². The zero-order valence-corrected chi connectivity index (χ0v) is 7.85. The molecule has 1 N–H and O–H groups in total. The molecule has 4 nitrogen and oxygen atoms in total. The van der Waals surface area contributed by atoms with E-state index in [1.54, 1.807) is 6.20 Å². The van der Waals surface area contributed by atoms with Gasteiger partial charge in [-0.2, -0.15) is 0 Å². The Morgan fingerprint density at radius 1 is 1.54 bits per heavy atom. The molecule has 0 amide bonds. The molecular formula is C9H15N3O. The molecule has 1 rings (SSSR count). The summed E-state index contributed by atoms with van der Waals surface area (Å²) in [4.78, 5) is 10.1. The molecule has 4 heteroatoms. The van der Waals surface area contributed by atoms with Gasteiger partial charge in [0.15, 0.2) is 0 Å². The summed E-state index contributed by atoms with van der Waals surface area (Å²) >= 11 is 0. The molecule has 13 heavy (non-hydrogen) atoms. The molecule has 0 aliphatic heterocycles. The van der Waals surface area contributed by atoms with E-state index in [1.807, 2.05) is 6.07 Å². The number of aliphatic hydroxyl groups excluding tert-OH is 1. The van der Waals surface area contributed by atoms with E-state index < -0.39 is 0 Å². The molecule has 0 radical (unpaired) electrons. The molecule has 0 aliphatic carbocycles. The summed E-state index contributed by atoms with van der Waals surface area (Å²) in [6.07, 6.45) is 4.04. The van der Waals surface area contributed by atoms with Gasteiger partial charge in [0.05, 0.1) is 0 Å². The third-order valence-corrected chi connectivity index (χ3v) is 1.86. The lowest BCUT2D eigenvalue weighted by Gasteiger charge is -2.20. The van der Waals surface area contributed by atoms with Gasteiger partial charge in [0.25, 0.3) is 0 Å². The lowest BCUT2D eigenvalue weighted by atomic mass is 10.4. The van der Waals surface area contributed by atoms with Crippen LogP contribution in [-0.4, -0.2) is 34.8 Å². The van der Waals surface area contributed by atoms with Crippen LogP contribution in [0.15, 0.2) is 18.6 Å². The van der Waals surface area contributed by atoms with Gasteiger partial charge in [0, 0.05) is 25.9 Å². The fraction of sp³-hybridized carbons (Fsp3) is 0.556. The van der Waals surface area contributed by atoms with E-state index >= 15 is 0 Å². The number of anilines is 1. The minimum Gasteiger partial charge on any atom is -0.396 e. The van der Waals surface area contributed by atoms with Crippen molar-refractivity contribution >= 4 is 5.82 Å². The molecule has 1 heterocycles. The second kappa shape index (κ2) is 5.48. The molecular weight excluding hydrogens is 166 g/mol. The van der Waals surface area contributed by atoms with E-state index in [0.717, 1.165) is 25.3 Å². The first-order chi connectivity index (χ1) is 6.38. The van der Waals surface area contributed by atoms with Gasteiger partial charge in [-0.15, -0.1) is 0 Å². The lowest BCUT2D eigenvalue weighted by molar-refractivity contribution is 0.289. The molecule has 0 bridgehead atoms. The van der Waals surface area contributed by atoms with Gasteiger partial charge in [-0.1, -0.05) is 0 Å². The van der Waals surface area contributed by atoms with E-state index in [2.05, 4.69) is 21.8 Å². The SMILES string of the molecule is CCN(CCCO)c1ccncn1. The molecule has 0 saturated carbocycles. The Balaban J connectivity index is 2.56. The first kappa shape index (κ1) is 9.92. The highest BCUT2D eigenvalue weighted by Crippen LogP contribution is 2.07. The van der Waals surface area contributed by atoms with E-state index in [9.17, 15) is 0 Å². The second-order valence-corrected chi connectivity index (χ2v) is 2.72. The molecule has 0 unspecified atom stereocenters. The monoisotopic (exact) mass is 181 g/mol. The van der Waals surface area contributed by atoms with Crippen molar-refractivity contribution in [1.29, 1.82) is 0 Å². The minimum absolute atomic E-state index is 0.224. The third-order valence-electron chi connectivity index (χ3n) is 1.86. The zero-order chi connectivity index (χ0) is 9.52. The van der Waals surface area contributed by atoms with Crippen molar-refractivity contribution in [2.24, 2.45) is 0 Å². The summed E-state index contributed by atoms with van der Waals surface area (Å²) in [5, 5.41) is 8.70. The van der Waals surface area contributed by atoms with Gasteiger partial charge in [0.2, 0.25) is 0 Å². The number of hydrogen-bond donors (Lipinski definition) is 1. The Morgan fingerprint density at radius 3 is 2.92 bits per heavy atom. The van der Waals surface area contributed by atoms with Crippen LogP contribution in [0.4, 0.5) is 5.82 Å². The van der Waals surface area contributed by atoms with Gasteiger partial charge < -0.3 is 10.0 Å². The van der Waals surface area contributed by atoms with Crippen molar-refractivity contribution in [1.82, 2.24) is 9.97 Å². The molecule has 0 fully saturated rings. The maximum atomic E-state index is 8.70. The zero-order valence-electron chi connectivity index (χ0n) is 7.85. The number of nitrogens with zero attached hydrogens (tertiary/aromatic N) is 3. The Hall–Kier alpha value is -1.16. The summed E-state index contributed by atoms with van der Waals surface area (Å²) in [6.45, 7) is 4.03. The van der Waals surface area contributed by atoms with Crippen molar-refractivity contribution in [3.8, 4) is 0 Å². The van der Waals surface area contributed by atoms with Crippen LogP contribution >= 0.6 is 0 Å². The van der Waals surface area contributed by atoms with Gasteiger partial charge in [-0.05, 0) is 19.4 Å². The third kappa shape index (κ3) is 2.99. The van der Waals surface area contributed by atoms with Crippen molar-refractivity contribution < 1.29 is 5.11 Å². The minimum atomic E-state index is 0.224. The standard InChI is InChI=1S/C9H15N3O/c1-2-12(6-3-7-13)9-4-5-10-8-11-9/h4-5,8,13H,2-3,6-7H2,1H3. The number of aliphatic hydroxyl groups is 1. The summed E-state index contributed by atoms with van der Waals surface area (Å²) < 4.78 is 0. The van der Waals surface area contributed by atoms with Crippen LogP contribution in [0, 0.1) is 0 Å². The normalized spacial score (nSPS) is 10.0. The Morgan fingerprint density at radius 2 is 2.38 bits per heavy atom. The number of aromatic nitrogens is 2. The van der Waals surface area contributed by atoms with Crippen LogP contribution in [0.3, 0.4) is 0 Å². The van der Waals surface area contributed by atoms with Crippen molar-refractivity contribution in [3.63, 3.8) is 0 Å². The van der Waals surface area contributed by atoms with Crippen LogP contribution in [0.2, 0.25) is 0 Å². The van der Waals surface area contributed by atoms with Gasteiger partial charge in [-0.25, -0.2) is 9.97 Å². The quantitative estimate of drug-likeness (QED) is 0.726. The van der Waals surface area contributed by atoms with E-state index in [0.29, 0.717) is 0 Å². The first-order valence-corrected chi connectivity index (χ1v) is 4.50. The maximum Gasteiger partial charge on any atom is 0.131 e. The molecule has 1 aromatic rings. The average molecular weight is 181 g/mol. The largest absolute Gasteiger partial charge is 0.396 e. The van der Waals surface area contributed by atoms with Crippen molar-refractivity contribution in [2.75, 3.05) is 24.6 Å². The average Bonchev–Trinajstić information content (AvgIpc) is 2.21. The smallest absolute Gasteiger partial charge is 0.131 e. The van der Waals surface area contributed by atoms with E-state index in [-0.39, 0.29) is 6.61 Å². The Kier molecular flexibility index (Phi) is 4.18. The molecule has 0 atom stereocenters. The topological polar surface area (TPSA) is 49.2 Å². The summed E-state index contributed by atoms with van der Waals surface area (Å²) in [6, 6.07) is 1.88. The fourth-order valence-corrected chi connectivity index (χ4v) is 1.17. The van der Waals surface area contributed by atoms with Crippen LogP contribution < -0.4 is 4.90 Å². The molecule has 1 aromatic heterocycles.